The van der Waals surface area contributed by atoms with Crippen LogP contribution in [0.25, 0.3) is 0 Å². The van der Waals surface area contributed by atoms with E-state index in [-0.39, 0.29) is 16.7 Å². The minimum atomic E-state index is -0.123. The van der Waals surface area contributed by atoms with E-state index >= 15 is 0 Å². The van der Waals surface area contributed by atoms with Gasteiger partial charge < -0.3 is 4.74 Å². The highest BCUT2D eigenvalue weighted by Crippen LogP contribution is 2.44. The van der Waals surface area contributed by atoms with Crippen LogP contribution in [0.4, 0.5) is 11.5 Å². The van der Waals surface area contributed by atoms with Crippen LogP contribution >= 0.6 is 11.3 Å². The average Bonchev–Trinajstić information content (AvgIpc) is 2.97. The first-order valence-corrected chi connectivity index (χ1v) is 9.13. The van der Waals surface area contributed by atoms with Crippen LogP contribution in [-0.4, -0.2) is 17.6 Å². The minimum absolute atomic E-state index is 0.0158. The van der Waals surface area contributed by atoms with E-state index in [1.165, 1.54) is 11.3 Å². The van der Waals surface area contributed by atoms with Gasteiger partial charge in [-0.2, -0.15) is 0 Å². The molecule has 1 unspecified atom stereocenters. The van der Waals surface area contributed by atoms with Crippen LogP contribution in [-0.2, 0) is 11.8 Å². The topological polar surface area (TPSA) is 51.5 Å². The van der Waals surface area contributed by atoms with Crippen molar-refractivity contribution in [3.63, 3.8) is 0 Å². The number of rotatable bonds is 3. The highest BCUT2D eigenvalue weighted by Gasteiger charge is 2.37. The van der Waals surface area contributed by atoms with Gasteiger partial charge in [-0.05, 0) is 29.8 Å². The smallest absolute Gasteiger partial charge is 0.308 e. The Morgan fingerprint density at radius 2 is 1.73 bits per heavy atom. The largest absolute Gasteiger partial charge is 0.497 e. The molecular formula is C20H18N2O3S. The molecule has 3 aromatic rings. The molecule has 1 atom stereocenters. The van der Waals surface area contributed by atoms with E-state index in [0.717, 1.165) is 21.9 Å². The van der Waals surface area contributed by atoms with E-state index in [0.29, 0.717) is 12.2 Å². The molecule has 1 amide bonds. The normalized spacial score (nSPS) is 16.5. The fourth-order valence-electron chi connectivity index (χ4n) is 3.37. The molecule has 0 fully saturated rings. The van der Waals surface area contributed by atoms with Gasteiger partial charge in [-0.15, -0.1) is 0 Å². The molecule has 2 aromatic carbocycles. The van der Waals surface area contributed by atoms with Crippen molar-refractivity contribution in [2.45, 2.75) is 12.3 Å². The van der Waals surface area contributed by atoms with Crippen molar-refractivity contribution in [2.24, 2.45) is 7.05 Å². The second kappa shape index (κ2) is 6.46. The molecule has 4 rings (SSSR count). The number of carbonyl (C=O) groups excluding carboxylic acids is 1. The molecule has 5 nitrogen and oxygen atoms in total. The van der Waals surface area contributed by atoms with Crippen molar-refractivity contribution in [3.05, 3.63) is 74.7 Å². The predicted octanol–water partition coefficient (Wildman–Crippen LogP) is 3.66. The molecule has 1 aromatic heterocycles. The maximum Gasteiger partial charge on any atom is 0.308 e. The molecule has 0 N–H and O–H groups in total. The summed E-state index contributed by atoms with van der Waals surface area (Å²) in [4.78, 5) is 27.9. The lowest BCUT2D eigenvalue weighted by Gasteiger charge is -2.32. The Bertz CT molecular complexity index is 1010. The van der Waals surface area contributed by atoms with E-state index in [1.54, 1.807) is 23.6 Å². The molecule has 0 radical (unpaired) electrons. The molecule has 2 heterocycles. The predicted molar refractivity (Wildman–Crippen MR) is 103 cm³/mol. The Labute approximate surface area is 155 Å². The minimum Gasteiger partial charge on any atom is -0.497 e. The Hall–Kier alpha value is -2.86. The van der Waals surface area contributed by atoms with Gasteiger partial charge in [-0.25, -0.2) is 0 Å². The van der Waals surface area contributed by atoms with Crippen LogP contribution in [0.3, 0.4) is 0 Å². The van der Waals surface area contributed by atoms with Crippen molar-refractivity contribution in [1.82, 2.24) is 4.57 Å². The summed E-state index contributed by atoms with van der Waals surface area (Å²) in [6.07, 6.45) is 0.328. The van der Waals surface area contributed by atoms with E-state index < -0.39 is 0 Å². The second-order valence-corrected chi connectivity index (χ2v) is 7.20. The fourth-order valence-corrected chi connectivity index (χ4v) is 4.47. The van der Waals surface area contributed by atoms with Gasteiger partial charge in [0.25, 0.3) is 0 Å². The van der Waals surface area contributed by atoms with Crippen molar-refractivity contribution in [2.75, 3.05) is 12.0 Å². The van der Waals surface area contributed by atoms with Crippen LogP contribution in [0.15, 0.2) is 59.4 Å². The van der Waals surface area contributed by atoms with Crippen LogP contribution in [0.5, 0.6) is 5.75 Å². The lowest BCUT2D eigenvalue weighted by atomic mass is 9.90. The van der Waals surface area contributed by atoms with Gasteiger partial charge in [0.05, 0.1) is 17.7 Å². The monoisotopic (exact) mass is 366 g/mol. The zero-order valence-electron chi connectivity index (χ0n) is 14.5. The number of aromatic nitrogens is 1. The number of hydrogen-bond donors (Lipinski definition) is 0. The van der Waals surface area contributed by atoms with E-state index in [9.17, 15) is 9.59 Å². The number of thiazole rings is 1. The van der Waals surface area contributed by atoms with Crippen LogP contribution in [0.2, 0.25) is 0 Å². The summed E-state index contributed by atoms with van der Waals surface area (Å²) in [5, 5.41) is 0. The number of amides is 1. The average molecular weight is 366 g/mol. The maximum atomic E-state index is 13.0. The standard InChI is InChI=1S/C20H18N2O3S/c1-21-19-18(26-20(21)24)16(13-8-10-15(25-2)11-9-13)12-17(23)22(19)14-6-4-3-5-7-14/h3-11,16H,12H2,1-2H3. The van der Waals surface area contributed by atoms with Gasteiger partial charge in [0.2, 0.25) is 5.91 Å². The van der Waals surface area contributed by atoms with Crippen LogP contribution in [0.1, 0.15) is 22.8 Å². The summed E-state index contributed by atoms with van der Waals surface area (Å²) in [6, 6.07) is 17.2. The van der Waals surface area contributed by atoms with Gasteiger partial charge in [-0.1, -0.05) is 41.7 Å². The summed E-state index contributed by atoms with van der Waals surface area (Å²) >= 11 is 1.21. The lowest BCUT2D eigenvalue weighted by Crippen LogP contribution is -2.34. The third-order valence-corrected chi connectivity index (χ3v) is 5.83. The third-order valence-electron chi connectivity index (χ3n) is 4.70. The number of carbonyl (C=O) groups is 1. The quantitative estimate of drug-likeness (QED) is 0.711. The summed E-state index contributed by atoms with van der Waals surface area (Å²) in [5.41, 5.74) is 1.79. The fraction of sp³-hybridized carbons (Fsp3) is 0.200. The molecule has 0 saturated heterocycles. The van der Waals surface area contributed by atoms with Gasteiger partial charge in [0.1, 0.15) is 11.6 Å². The maximum absolute atomic E-state index is 13.0. The Morgan fingerprint density at radius 3 is 2.38 bits per heavy atom. The summed E-state index contributed by atoms with van der Waals surface area (Å²) in [7, 11) is 3.34. The lowest BCUT2D eigenvalue weighted by molar-refractivity contribution is -0.118. The number of methoxy groups -OCH3 is 1. The Balaban J connectivity index is 1.86. The molecule has 0 spiro atoms. The number of benzene rings is 2. The van der Waals surface area contributed by atoms with Gasteiger partial charge in [0, 0.05) is 19.4 Å². The van der Waals surface area contributed by atoms with Gasteiger partial charge >= 0.3 is 4.87 Å². The number of para-hydroxylation sites is 1. The highest BCUT2D eigenvalue weighted by molar-refractivity contribution is 7.10. The number of ether oxygens (including phenoxy) is 1. The number of anilines is 2. The van der Waals surface area contributed by atoms with Crippen molar-refractivity contribution < 1.29 is 9.53 Å². The van der Waals surface area contributed by atoms with Crippen LogP contribution < -0.4 is 14.5 Å². The first kappa shape index (κ1) is 16.6. The van der Waals surface area contributed by atoms with E-state index in [2.05, 4.69) is 0 Å². The molecule has 1 aliphatic rings. The number of fused-ring (bicyclic) bond motifs is 1. The van der Waals surface area contributed by atoms with Crippen molar-refractivity contribution >= 4 is 28.7 Å². The molecule has 6 heteroatoms. The molecule has 0 bridgehead atoms. The van der Waals surface area contributed by atoms with Crippen molar-refractivity contribution in [3.8, 4) is 5.75 Å². The molecule has 1 aliphatic heterocycles. The first-order chi connectivity index (χ1) is 12.6. The van der Waals surface area contributed by atoms with E-state index in [4.69, 9.17) is 4.74 Å². The van der Waals surface area contributed by atoms with Gasteiger partial charge in [-0.3, -0.25) is 19.1 Å². The Morgan fingerprint density at radius 1 is 1.04 bits per heavy atom. The number of hydrogen-bond acceptors (Lipinski definition) is 4. The zero-order chi connectivity index (χ0) is 18.3. The molecule has 26 heavy (non-hydrogen) atoms. The summed E-state index contributed by atoms with van der Waals surface area (Å²) in [6.45, 7) is 0. The van der Waals surface area contributed by atoms with Gasteiger partial charge in [0.15, 0.2) is 0 Å². The summed E-state index contributed by atoms with van der Waals surface area (Å²) in [5.74, 6) is 1.30. The SMILES string of the molecule is COc1ccc(C2CC(=O)N(c3ccccc3)c3c2sc(=O)n3C)cc1. The number of nitrogens with zero attached hydrogens (tertiary/aromatic N) is 2. The summed E-state index contributed by atoms with van der Waals surface area (Å²) < 4.78 is 6.79. The van der Waals surface area contributed by atoms with E-state index in [1.807, 2.05) is 54.6 Å². The van der Waals surface area contributed by atoms with Crippen LogP contribution in [0, 0.1) is 0 Å². The molecular weight excluding hydrogens is 348 g/mol. The molecule has 132 valence electrons. The molecule has 0 saturated carbocycles. The highest BCUT2D eigenvalue weighted by atomic mass is 32.1. The van der Waals surface area contributed by atoms with Crippen molar-refractivity contribution in [1.29, 1.82) is 0 Å². The Kier molecular flexibility index (Phi) is 4.12. The third kappa shape index (κ3) is 2.63. The molecule has 0 aliphatic carbocycles. The second-order valence-electron chi connectivity index (χ2n) is 6.21. The first-order valence-electron chi connectivity index (χ1n) is 8.32. The zero-order valence-corrected chi connectivity index (χ0v) is 15.3.